The van der Waals surface area contributed by atoms with Gasteiger partial charge in [-0.2, -0.15) is 0 Å². The van der Waals surface area contributed by atoms with Gasteiger partial charge in [0.15, 0.2) is 0 Å². The van der Waals surface area contributed by atoms with Crippen LogP contribution in [0.4, 0.5) is 0 Å². The predicted octanol–water partition coefficient (Wildman–Crippen LogP) is 4.89. The number of aryl methyl sites for hydroxylation is 2. The molecular weight excluding hydrogens is 240 g/mol. The number of benzene rings is 1. The molecule has 4 atom stereocenters. The number of fused-ring (bicyclic) bond motifs is 2. The van der Waals surface area contributed by atoms with Gasteiger partial charge in [-0.1, -0.05) is 30.2 Å². The average molecular weight is 263 g/mol. The average Bonchev–Trinajstić information content (AvgIpc) is 2.96. The summed E-state index contributed by atoms with van der Waals surface area (Å²) in [5, 5.41) is 0.348. The van der Waals surface area contributed by atoms with Gasteiger partial charge < -0.3 is 0 Å². The van der Waals surface area contributed by atoms with E-state index in [1.165, 1.54) is 42.4 Å². The first-order valence-corrected chi connectivity index (χ1v) is 7.77. The molecule has 0 nitrogen and oxygen atoms in total. The van der Waals surface area contributed by atoms with Crippen LogP contribution in [0.25, 0.3) is 0 Å². The molecule has 0 saturated heterocycles. The number of halogens is 1. The fraction of sp³-hybridized carbons (Fsp3) is 0.647. The number of hydrogen-bond acceptors (Lipinski definition) is 0. The summed E-state index contributed by atoms with van der Waals surface area (Å²) in [5.41, 5.74) is 4.21. The summed E-state index contributed by atoms with van der Waals surface area (Å²) in [4.78, 5) is 0. The molecule has 0 heterocycles. The summed E-state index contributed by atoms with van der Waals surface area (Å²) in [7, 11) is 0. The van der Waals surface area contributed by atoms with Gasteiger partial charge in [-0.05, 0) is 68.4 Å². The highest BCUT2D eigenvalue weighted by Gasteiger charge is 2.42. The van der Waals surface area contributed by atoms with Crippen molar-refractivity contribution in [3.8, 4) is 0 Å². The van der Waals surface area contributed by atoms with Crippen LogP contribution in [0.1, 0.15) is 42.4 Å². The molecule has 2 saturated carbocycles. The molecule has 1 heteroatoms. The Balaban J connectivity index is 1.70. The molecule has 98 valence electrons. The monoisotopic (exact) mass is 262 g/mol. The van der Waals surface area contributed by atoms with Crippen LogP contribution in [0.3, 0.4) is 0 Å². The Morgan fingerprint density at radius 2 is 2.06 bits per heavy atom. The lowest BCUT2D eigenvalue weighted by atomic mass is 9.83. The fourth-order valence-corrected chi connectivity index (χ4v) is 4.59. The summed E-state index contributed by atoms with van der Waals surface area (Å²) >= 11 is 6.74. The molecule has 0 spiro atoms. The highest BCUT2D eigenvalue weighted by atomic mass is 35.5. The second-order valence-corrected chi connectivity index (χ2v) is 7.05. The van der Waals surface area contributed by atoms with Gasteiger partial charge in [0.1, 0.15) is 0 Å². The Kier molecular flexibility index (Phi) is 3.40. The SMILES string of the molecule is Cc1ccc(C)c(CC(Cl)C2CC3CCC2C3)c1. The van der Waals surface area contributed by atoms with Crippen molar-refractivity contribution in [2.45, 2.75) is 51.3 Å². The molecule has 2 aliphatic carbocycles. The molecule has 1 aromatic carbocycles. The minimum Gasteiger partial charge on any atom is -0.122 e. The topological polar surface area (TPSA) is 0 Å². The summed E-state index contributed by atoms with van der Waals surface area (Å²) < 4.78 is 0. The van der Waals surface area contributed by atoms with E-state index in [4.69, 9.17) is 11.6 Å². The van der Waals surface area contributed by atoms with E-state index < -0.39 is 0 Å². The van der Waals surface area contributed by atoms with Crippen molar-refractivity contribution in [1.82, 2.24) is 0 Å². The number of rotatable bonds is 3. The van der Waals surface area contributed by atoms with Gasteiger partial charge in [0.25, 0.3) is 0 Å². The minimum atomic E-state index is 0.348. The fourth-order valence-electron chi connectivity index (χ4n) is 4.12. The second-order valence-electron chi connectivity index (χ2n) is 6.49. The predicted molar refractivity (Wildman–Crippen MR) is 78.2 cm³/mol. The molecule has 0 radical (unpaired) electrons. The molecule has 0 amide bonds. The van der Waals surface area contributed by atoms with Crippen LogP contribution in [0, 0.1) is 31.6 Å². The van der Waals surface area contributed by atoms with E-state index >= 15 is 0 Å². The van der Waals surface area contributed by atoms with E-state index in [2.05, 4.69) is 32.0 Å². The van der Waals surface area contributed by atoms with Gasteiger partial charge in [0, 0.05) is 5.38 Å². The first-order chi connectivity index (χ1) is 8.63. The summed E-state index contributed by atoms with van der Waals surface area (Å²) in [6, 6.07) is 6.74. The van der Waals surface area contributed by atoms with Crippen molar-refractivity contribution in [3.63, 3.8) is 0 Å². The maximum absolute atomic E-state index is 6.74. The van der Waals surface area contributed by atoms with E-state index in [0.717, 1.165) is 24.2 Å². The van der Waals surface area contributed by atoms with Crippen LogP contribution in [-0.2, 0) is 6.42 Å². The Bertz CT molecular complexity index is 437. The van der Waals surface area contributed by atoms with Crippen molar-refractivity contribution in [2.24, 2.45) is 17.8 Å². The van der Waals surface area contributed by atoms with Gasteiger partial charge in [-0.3, -0.25) is 0 Å². The normalized spacial score (nSPS) is 31.8. The van der Waals surface area contributed by atoms with Crippen molar-refractivity contribution in [1.29, 1.82) is 0 Å². The molecule has 3 rings (SSSR count). The van der Waals surface area contributed by atoms with Gasteiger partial charge in [-0.15, -0.1) is 11.6 Å². The molecule has 2 aliphatic rings. The van der Waals surface area contributed by atoms with Crippen LogP contribution < -0.4 is 0 Å². The maximum atomic E-state index is 6.74. The zero-order valence-electron chi connectivity index (χ0n) is 11.5. The summed E-state index contributed by atoms with van der Waals surface area (Å²) in [5.74, 6) is 2.72. The quantitative estimate of drug-likeness (QED) is 0.681. The van der Waals surface area contributed by atoms with Crippen LogP contribution >= 0.6 is 11.6 Å². The van der Waals surface area contributed by atoms with Crippen molar-refractivity contribution in [2.75, 3.05) is 0 Å². The molecule has 4 unspecified atom stereocenters. The lowest BCUT2D eigenvalue weighted by molar-refractivity contribution is 0.319. The summed E-state index contributed by atoms with van der Waals surface area (Å²) in [6.07, 6.45) is 6.81. The van der Waals surface area contributed by atoms with E-state index in [0.29, 0.717) is 5.38 Å². The molecule has 0 aliphatic heterocycles. The third-order valence-electron chi connectivity index (χ3n) is 5.18. The molecule has 0 aromatic heterocycles. The highest BCUT2D eigenvalue weighted by Crippen LogP contribution is 2.51. The van der Waals surface area contributed by atoms with E-state index in [1.807, 2.05) is 0 Å². The van der Waals surface area contributed by atoms with Gasteiger partial charge in [0.05, 0.1) is 0 Å². The van der Waals surface area contributed by atoms with Crippen LogP contribution in [0.2, 0.25) is 0 Å². The molecule has 1 aromatic rings. The summed E-state index contributed by atoms with van der Waals surface area (Å²) in [6.45, 7) is 4.38. The largest absolute Gasteiger partial charge is 0.122 e. The van der Waals surface area contributed by atoms with Gasteiger partial charge >= 0.3 is 0 Å². The minimum absolute atomic E-state index is 0.348. The third kappa shape index (κ3) is 2.32. The molecule has 2 bridgehead atoms. The third-order valence-corrected chi connectivity index (χ3v) is 5.65. The first-order valence-electron chi connectivity index (χ1n) is 7.33. The molecule has 2 fully saturated rings. The van der Waals surface area contributed by atoms with Crippen molar-refractivity contribution in [3.05, 3.63) is 34.9 Å². The van der Waals surface area contributed by atoms with E-state index in [9.17, 15) is 0 Å². The molecule has 18 heavy (non-hydrogen) atoms. The van der Waals surface area contributed by atoms with E-state index in [1.54, 1.807) is 0 Å². The Hall–Kier alpha value is -0.490. The van der Waals surface area contributed by atoms with Crippen LogP contribution in [0.15, 0.2) is 18.2 Å². The van der Waals surface area contributed by atoms with Crippen LogP contribution in [-0.4, -0.2) is 5.38 Å². The highest BCUT2D eigenvalue weighted by molar-refractivity contribution is 6.21. The molecular formula is C17H23Cl. The van der Waals surface area contributed by atoms with E-state index in [-0.39, 0.29) is 0 Å². The molecule has 0 N–H and O–H groups in total. The Labute approximate surface area is 116 Å². The number of hydrogen-bond donors (Lipinski definition) is 0. The standard InChI is InChI=1S/C17H23Cl/c1-11-3-4-12(2)15(7-11)10-17(18)16-9-13-5-6-14(16)8-13/h3-4,7,13-14,16-17H,5-6,8-10H2,1-2H3. The smallest absolute Gasteiger partial charge is 0.0407 e. The zero-order valence-corrected chi connectivity index (χ0v) is 12.2. The lowest BCUT2D eigenvalue weighted by Crippen LogP contribution is -2.23. The van der Waals surface area contributed by atoms with Crippen molar-refractivity contribution < 1.29 is 0 Å². The van der Waals surface area contributed by atoms with Crippen LogP contribution in [0.5, 0.6) is 0 Å². The lowest BCUT2D eigenvalue weighted by Gasteiger charge is -2.26. The van der Waals surface area contributed by atoms with Gasteiger partial charge in [0.2, 0.25) is 0 Å². The number of alkyl halides is 1. The maximum Gasteiger partial charge on any atom is 0.0407 e. The Morgan fingerprint density at radius 1 is 1.22 bits per heavy atom. The Morgan fingerprint density at radius 3 is 2.72 bits per heavy atom. The second kappa shape index (κ2) is 4.89. The van der Waals surface area contributed by atoms with Crippen molar-refractivity contribution >= 4 is 11.6 Å². The first kappa shape index (κ1) is 12.5. The zero-order chi connectivity index (χ0) is 12.7. The van der Waals surface area contributed by atoms with Gasteiger partial charge in [-0.25, -0.2) is 0 Å².